The summed E-state index contributed by atoms with van der Waals surface area (Å²) in [6.07, 6.45) is 0. The van der Waals surface area contributed by atoms with Gasteiger partial charge in [-0.3, -0.25) is 0 Å². The quantitative estimate of drug-likeness (QED) is 0.874. The molecule has 1 aromatic heterocycles. The molecule has 5 nitrogen and oxygen atoms in total. The van der Waals surface area contributed by atoms with Gasteiger partial charge < -0.3 is 5.32 Å². The van der Waals surface area contributed by atoms with Crippen molar-refractivity contribution in [2.24, 2.45) is 0 Å². The molecule has 0 spiro atoms. The summed E-state index contributed by atoms with van der Waals surface area (Å²) in [5.74, 6) is 0.777. The van der Waals surface area contributed by atoms with Gasteiger partial charge in [0.05, 0.1) is 12.2 Å². The third-order valence-corrected chi connectivity index (χ3v) is 3.78. The minimum Gasteiger partial charge on any atom is -0.308 e. The maximum absolute atomic E-state index is 4.07. The number of halogens is 2. The first-order valence-electron chi connectivity index (χ1n) is 5.95. The Morgan fingerprint density at radius 2 is 1.89 bits per heavy atom. The fraction of sp³-hybridized carbons (Fsp3) is 0.417. The van der Waals surface area contributed by atoms with E-state index in [0.717, 1.165) is 26.0 Å². The zero-order valence-electron chi connectivity index (χ0n) is 11.0. The van der Waals surface area contributed by atoms with Crippen molar-refractivity contribution in [3.63, 3.8) is 0 Å². The molecule has 0 aliphatic rings. The normalized spacial score (nSPS) is 11.3. The zero-order valence-corrected chi connectivity index (χ0v) is 14.2. The molecule has 2 rings (SSSR count). The number of nitrogens with one attached hydrogen (secondary N) is 1. The molecule has 0 saturated heterocycles. The molecule has 102 valence electrons. The van der Waals surface area contributed by atoms with Crippen LogP contribution in [0.2, 0.25) is 0 Å². The Labute approximate surface area is 129 Å². The topological polar surface area (TPSA) is 55.6 Å². The maximum Gasteiger partial charge on any atom is 0.170 e. The molecule has 1 aromatic carbocycles. The second-order valence-electron chi connectivity index (χ2n) is 4.62. The van der Waals surface area contributed by atoms with E-state index in [2.05, 4.69) is 66.5 Å². The molecule has 7 heteroatoms. The van der Waals surface area contributed by atoms with Crippen LogP contribution >= 0.6 is 31.9 Å². The van der Waals surface area contributed by atoms with E-state index in [1.165, 1.54) is 0 Å². The molecule has 0 unspecified atom stereocenters. The Morgan fingerprint density at radius 3 is 2.47 bits per heavy atom. The number of aromatic nitrogens is 4. The SMILES string of the molecule is Cc1cc(Br)c(-n2nnnc2CNC(C)C)c(Br)c1. The minimum atomic E-state index is 0.384. The maximum atomic E-state index is 4.07. The molecule has 0 aliphatic heterocycles. The van der Waals surface area contributed by atoms with Gasteiger partial charge in [0, 0.05) is 15.0 Å². The smallest absolute Gasteiger partial charge is 0.170 e. The van der Waals surface area contributed by atoms with E-state index < -0.39 is 0 Å². The van der Waals surface area contributed by atoms with E-state index in [1.807, 2.05) is 19.1 Å². The molecule has 0 amide bonds. The summed E-state index contributed by atoms with van der Waals surface area (Å²) >= 11 is 7.13. The molecular weight excluding hydrogens is 374 g/mol. The number of hydrogen-bond donors (Lipinski definition) is 1. The Morgan fingerprint density at radius 1 is 1.26 bits per heavy atom. The second kappa shape index (κ2) is 6.11. The van der Waals surface area contributed by atoms with Crippen LogP contribution < -0.4 is 5.32 Å². The van der Waals surface area contributed by atoms with Gasteiger partial charge in [-0.25, -0.2) is 0 Å². The lowest BCUT2D eigenvalue weighted by atomic mass is 10.2. The summed E-state index contributed by atoms with van der Waals surface area (Å²) < 4.78 is 3.65. The van der Waals surface area contributed by atoms with Gasteiger partial charge in [0.15, 0.2) is 5.82 Å². The van der Waals surface area contributed by atoms with Gasteiger partial charge in [0.25, 0.3) is 0 Å². The average molecular weight is 389 g/mol. The highest BCUT2D eigenvalue weighted by atomic mass is 79.9. The number of aryl methyl sites for hydroxylation is 1. The molecular formula is C12H15Br2N5. The second-order valence-corrected chi connectivity index (χ2v) is 6.33. The first-order valence-corrected chi connectivity index (χ1v) is 7.54. The lowest BCUT2D eigenvalue weighted by molar-refractivity contribution is 0.562. The van der Waals surface area contributed by atoms with Crippen LogP contribution in [0.1, 0.15) is 25.2 Å². The van der Waals surface area contributed by atoms with Crippen molar-refractivity contribution >= 4 is 31.9 Å². The highest BCUT2D eigenvalue weighted by Crippen LogP contribution is 2.30. The van der Waals surface area contributed by atoms with E-state index in [4.69, 9.17) is 0 Å². The molecule has 0 saturated carbocycles. The molecule has 0 radical (unpaired) electrons. The first-order chi connectivity index (χ1) is 8.99. The molecule has 1 heterocycles. The fourth-order valence-electron chi connectivity index (χ4n) is 1.68. The van der Waals surface area contributed by atoms with Crippen LogP contribution in [0.25, 0.3) is 5.69 Å². The third-order valence-electron chi connectivity index (χ3n) is 2.58. The van der Waals surface area contributed by atoms with Gasteiger partial charge in [-0.2, -0.15) is 4.68 Å². The Bertz CT molecular complexity index is 556. The minimum absolute atomic E-state index is 0.384. The van der Waals surface area contributed by atoms with Gasteiger partial charge in [0.2, 0.25) is 0 Å². The van der Waals surface area contributed by atoms with Crippen LogP contribution in [0, 0.1) is 6.92 Å². The van der Waals surface area contributed by atoms with E-state index in [-0.39, 0.29) is 0 Å². The van der Waals surface area contributed by atoms with Gasteiger partial charge in [-0.05, 0) is 66.9 Å². The van der Waals surface area contributed by atoms with E-state index >= 15 is 0 Å². The highest BCUT2D eigenvalue weighted by Gasteiger charge is 2.15. The van der Waals surface area contributed by atoms with Crippen LogP contribution in [-0.2, 0) is 6.54 Å². The van der Waals surface area contributed by atoms with Crippen LogP contribution in [0.4, 0.5) is 0 Å². The van der Waals surface area contributed by atoms with Crippen molar-refractivity contribution < 1.29 is 0 Å². The van der Waals surface area contributed by atoms with Crippen molar-refractivity contribution in [3.8, 4) is 5.69 Å². The summed E-state index contributed by atoms with van der Waals surface area (Å²) in [4.78, 5) is 0. The summed E-state index contributed by atoms with van der Waals surface area (Å²) in [7, 11) is 0. The summed E-state index contributed by atoms with van der Waals surface area (Å²) in [6.45, 7) is 6.84. The molecule has 0 bridgehead atoms. The summed E-state index contributed by atoms with van der Waals surface area (Å²) in [5.41, 5.74) is 2.08. The standard InChI is InChI=1S/C12H15Br2N5/c1-7(2)15-6-11-16-17-18-19(11)12-9(13)4-8(3)5-10(12)14/h4-5,7,15H,6H2,1-3H3. The van der Waals surface area contributed by atoms with Crippen molar-refractivity contribution in [2.75, 3.05) is 0 Å². The van der Waals surface area contributed by atoms with Gasteiger partial charge in [0.1, 0.15) is 0 Å². The number of tetrazole rings is 1. The predicted octanol–water partition coefficient (Wildman–Crippen LogP) is 2.99. The molecule has 1 N–H and O–H groups in total. The number of rotatable bonds is 4. The molecule has 0 fully saturated rings. The molecule has 2 aromatic rings. The van der Waals surface area contributed by atoms with Crippen molar-refractivity contribution in [3.05, 3.63) is 32.5 Å². The lowest BCUT2D eigenvalue weighted by Crippen LogP contribution is -2.24. The Hall–Kier alpha value is -0.790. The Kier molecular flexibility index (Phi) is 4.70. The van der Waals surface area contributed by atoms with Gasteiger partial charge in [-0.15, -0.1) is 5.10 Å². The number of benzene rings is 1. The average Bonchev–Trinajstić information content (AvgIpc) is 2.73. The van der Waals surface area contributed by atoms with Gasteiger partial charge >= 0.3 is 0 Å². The predicted molar refractivity (Wildman–Crippen MR) is 81.3 cm³/mol. The largest absolute Gasteiger partial charge is 0.308 e. The highest BCUT2D eigenvalue weighted by molar-refractivity contribution is 9.11. The summed E-state index contributed by atoms with van der Waals surface area (Å²) in [6, 6.07) is 4.47. The Balaban J connectivity index is 2.40. The van der Waals surface area contributed by atoms with Crippen LogP contribution in [0.5, 0.6) is 0 Å². The van der Waals surface area contributed by atoms with E-state index in [1.54, 1.807) is 4.68 Å². The molecule has 19 heavy (non-hydrogen) atoms. The number of nitrogens with zero attached hydrogens (tertiary/aromatic N) is 4. The molecule has 0 aliphatic carbocycles. The summed E-state index contributed by atoms with van der Waals surface area (Å²) in [5, 5.41) is 15.2. The van der Waals surface area contributed by atoms with E-state index in [0.29, 0.717) is 12.6 Å². The van der Waals surface area contributed by atoms with Crippen LogP contribution in [0.15, 0.2) is 21.1 Å². The fourth-order valence-corrected chi connectivity index (χ4v) is 3.43. The van der Waals surface area contributed by atoms with E-state index in [9.17, 15) is 0 Å². The molecule has 0 atom stereocenters. The van der Waals surface area contributed by atoms with Crippen LogP contribution in [-0.4, -0.2) is 26.2 Å². The first kappa shape index (κ1) is 14.6. The zero-order chi connectivity index (χ0) is 14.0. The van der Waals surface area contributed by atoms with Crippen molar-refractivity contribution in [1.82, 2.24) is 25.5 Å². The van der Waals surface area contributed by atoms with Crippen molar-refractivity contribution in [1.29, 1.82) is 0 Å². The number of hydrogen-bond acceptors (Lipinski definition) is 4. The van der Waals surface area contributed by atoms with Crippen molar-refractivity contribution in [2.45, 2.75) is 33.4 Å². The van der Waals surface area contributed by atoms with Gasteiger partial charge in [-0.1, -0.05) is 13.8 Å². The monoisotopic (exact) mass is 387 g/mol. The lowest BCUT2D eigenvalue weighted by Gasteiger charge is -2.11. The van der Waals surface area contributed by atoms with Crippen LogP contribution in [0.3, 0.4) is 0 Å². The third kappa shape index (κ3) is 3.40.